The number of carbonyl (C=O) groups excluding carboxylic acids is 3. The third-order valence-corrected chi connectivity index (χ3v) is 3.92. The van der Waals surface area contributed by atoms with E-state index in [4.69, 9.17) is 9.47 Å². The van der Waals surface area contributed by atoms with E-state index < -0.39 is 23.7 Å². The maximum absolute atomic E-state index is 12.1. The van der Waals surface area contributed by atoms with E-state index in [0.717, 1.165) is 11.8 Å². The van der Waals surface area contributed by atoms with Gasteiger partial charge in [-0.1, -0.05) is 30.3 Å². The van der Waals surface area contributed by atoms with Crippen LogP contribution in [0.5, 0.6) is 0 Å². The molecule has 1 amide bonds. The van der Waals surface area contributed by atoms with E-state index in [1.165, 1.54) is 4.90 Å². The van der Waals surface area contributed by atoms with Crippen molar-refractivity contribution in [3.8, 4) is 0 Å². The Morgan fingerprint density at radius 2 is 1.88 bits per heavy atom. The van der Waals surface area contributed by atoms with Crippen LogP contribution >= 0.6 is 0 Å². The smallest absolute Gasteiger partial charge is 0.410 e. The van der Waals surface area contributed by atoms with Gasteiger partial charge in [0.2, 0.25) is 0 Å². The topological polar surface area (TPSA) is 76.2 Å². The van der Waals surface area contributed by atoms with Gasteiger partial charge in [0.05, 0.1) is 12.6 Å². The maximum atomic E-state index is 12.1. The molecule has 2 rings (SSSR count). The van der Waals surface area contributed by atoms with E-state index in [1.807, 2.05) is 30.3 Å². The van der Waals surface area contributed by atoms with Crippen LogP contribution < -0.4 is 0 Å². The van der Waals surface area contributed by atoms with E-state index in [0.29, 0.717) is 13.1 Å². The van der Waals surface area contributed by atoms with Gasteiger partial charge in [0.1, 0.15) is 18.5 Å². The molecular weight excluding hydrogens is 336 g/mol. The Morgan fingerprint density at radius 3 is 2.50 bits per heavy atom. The second kappa shape index (κ2) is 8.80. The number of hydrogen-bond donors (Lipinski definition) is 0. The lowest BCUT2D eigenvalue weighted by Gasteiger charge is -2.38. The predicted octanol–water partition coefficient (Wildman–Crippen LogP) is 1.85. The minimum Gasteiger partial charge on any atom is -0.460 e. The Morgan fingerprint density at radius 1 is 1.19 bits per heavy atom. The van der Waals surface area contributed by atoms with Crippen LogP contribution in [0.15, 0.2) is 30.3 Å². The van der Waals surface area contributed by atoms with Crippen molar-refractivity contribution in [1.82, 2.24) is 9.80 Å². The maximum Gasteiger partial charge on any atom is 0.410 e. The number of ether oxygens (including phenoxy) is 2. The Bertz CT molecular complexity index is 627. The van der Waals surface area contributed by atoms with Crippen molar-refractivity contribution in [3.05, 3.63) is 35.9 Å². The number of hydrogen-bond acceptors (Lipinski definition) is 6. The minimum absolute atomic E-state index is 0.0123. The summed E-state index contributed by atoms with van der Waals surface area (Å²) in [6.45, 7) is 6.59. The lowest BCUT2D eigenvalue weighted by Crippen LogP contribution is -2.57. The lowest BCUT2D eigenvalue weighted by atomic mass is 10.2. The highest BCUT2D eigenvalue weighted by Crippen LogP contribution is 2.14. The monoisotopic (exact) mass is 362 g/mol. The van der Waals surface area contributed by atoms with Crippen molar-refractivity contribution in [2.24, 2.45) is 0 Å². The summed E-state index contributed by atoms with van der Waals surface area (Å²) in [5.74, 6) is -0.397. The number of benzene rings is 1. The zero-order chi connectivity index (χ0) is 19.2. The van der Waals surface area contributed by atoms with Crippen molar-refractivity contribution < 1.29 is 23.9 Å². The number of rotatable bonds is 5. The molecule has 0 radical (unpaired) electrons. The molecule has 26 heavy (non-hydrogen) atoms. The van der Waals surface area contributed by atoms with Gasteiger partial charge in [-0.3, -0.25) is 9.69 Å². The molecule has 0 bridgehead atoms. The van der Waals surface area contributed by atoms with Crippen molar-refractivity contribution in [2.75, 3.05) is 26.2 Å². The minimum atomic E-state index is -0.591. The van der Waals surface area contributed by atoms with Gasteiger partial charge in [-0.2, -0.15) is 0 Å². The highest BCUT2D eigenvalue weighted by Gasteiger charge is 2.32. The lowest BCUT2D eigenvalue weighted by molar-refractivity contribution is -0.147. The molecule has 1 atom stereocenters. The van der Waals surface area contributed by atoms with Crippen LogP contribution in [-0.4, -0.2) is 66.0 Å². The van der Waals surface area contributed by atoms with Crippen LogP contribution in [-0.2, 0) is 25.7 Å². The first-order valence-corrected chi connectivity index (χ1v) is 8.65. The molecule has 0 spiro atoms. The summed E-state index contributed by atoms with van der Waals surface area (Å²) in [4.78, 5) is 38.8. The van der Waals surface area contributed by atoms with E-state index in [1.54, 1.807) is 25.7 Å². The third kappa shape index (κ3) is 6.15. The number of piperazine rings is 1. The molecule has 1 aromatic carbocycles. The van der Waals surface area contributed by atoms with Crippen LogP contribution in [0.4, 0.5) is 4.79 Å². The quantitative estimate of drug-likeness (QED) is 0.588. The highest BCUT2D eigenvalue weighted by atomic mass is 16.6. The SMILES string of the molecule is CC(C)(C)OC(=O)N1CCN(CC(=O)OCc2ccccc2)[C@H](C=O)C1. The van der Waals surface area contributed by atoms with Crippen molar-refractivity contribution in [2.45, 2.75) is 39.0 Å². The molecule has 0 aromatic heterocycles. The zero-order valence-electron chi connectivity index (χ0n) is 15.5. The number of aldehydes is 1. The summed E-state index contributed by atoms with van der Waals surface area (Å²) >= 11 is 0. The highest BCUT2D eigenvalue weighted by molar-refractivity contribution is 5.73. The van der Waals surface area contributed by atoms with Crippen molar-refractivity contribution in [3.63, 3.8) is 0 Å². The van der Waals surface area contributed by atoms with Crippen LogP contribution in [0.3, 0.4) is 0 Å². The summed E-state index contributed by atoms with van der Waals surface area (Å²) in [6, 6.07) is 8.84. The normalized spacial score (nSPS) is 18.3. The number of esters is 1. The second-order valence-electron chi connectivity index (χ2n) is 7.25. The molecular formula is C19H26N2O5. The number of nitrogens with zero attached hydrogens (tertiary/aromatic N) is 2. The van der Waals surface area contributed by atoms with Gasteiger partial charge in [-0.05, 0) is 26.3 Å². The van der Waals surface area contributed by atoms with Gasteiger partial charge in [0.15, 0.2) is 0 Å². The van der Waals surface area contributed by atoms with Gasteiger partial charge >= 0.3 is 12.1 Å². The Hall–Kier alpha value is -2.41. The van der Waals surface area contributed by atoms with E-state index in [9.17, 15) is 14.4 Å². The zero-order valence-corrected chi connectivity index (χ0v) is 15.5. The molecule has 1 aromatic rings. The molecule has 7 nitrogen and oxygen atoms in total. The van der Waals surface area contributed by atoms with Gasteiger partial charge < -0.3 is 19.2 Å². The largest absolute Gasteiger partial charge is 0.460 e. The fourth-order valence-electron chi connectivity index (χ4n) is 2.61. The standard InChI is InChI=1S/C19H26N2O5/c1-19(2,3)26-18(24)21-10-9-20(16(11-21)13-22)12-17(23)25-14-15-7-5-4-6-8-15/h4-8,13,16H,9-12,14H2,1-3H3/t16-/m0/s1. The van der Waals surface area contributed by atoms with E-state index in [-0.39, 0.29) is 19.7 Å². The molecule has 1 saturated heterocycles. The molecule has 1 heterocycles. The van der Waals surface area contributed by atoms with Crippen LogP contribution in [0.25, 0.3) is 0 Å². The second-order valence-corrected chi connectivity index (χ2v) is 7.25. The molecule has 0 unspecified atom stereocenters. The van der Waals surface area contributed by atoms with Crippen LogP contribution in [0.2, 0.25) is 0 Å². The van der Waals surface area contributed by atoms with E-state index >= 15 is 0 Å². The fourth-order valence-corrected chi connectivity index (χ4v) is 2.61. The third-order valence-electron chi connectivity index (χ3n) is 3.92. The van der Waals surface area contributed by atoms with Gasteiger partial charge in [-0.25, -0.2) is 4.79 Å². The Kier molecular flexibility index (Phi) is 6.74. The average Bonchev–Trinajstić information content (AvgIpc) is 2.59. The first-order valence-electron chi connectivity index (χ1n) is 8.65. The van der Waals surface area contributed by atoms with Crippen molar-refractivity contribution >= 4 is 18.3 Å². The van der Waals surface area contributed by atoms with Crippen LogP contribution in [0, 0.1) is 0 Å². The first-order chi connectivity index (χ1) is 12.3. The Labute approximate surface area is 153 Å². The number of amides is 1. The molecule has 0 N–H and O–H groups in total. The van der Waals surface area contributed by atoms with Crippen molar-refractivity contribution in [1.29, 1.82) is 0 Å². The Balaban J connectivity index is 1.84. The molecule has 1 aliphatic rings. The molecule has 142 valence electrons. The predicted molar refractivity (Wildman–Crippen MR) is 95.5 cm³/mol. The average molecular weight is 362 g/mol. The van der Waals surface area contributed by atoms with Gasteiger partial charge in [0.25, 0.3) is 0 Å². The summed E-state index contributed by atoms with van der Waals surface area (Å²) in [7, 11) is 0. The molecule has 1 aliphatic heterocycles. The van der Waals surface area contributed by atoms with E-state index in [2.05, 4.69) is 0 Å². The molecule has 0 saturated carbocycles. The summed E-state index contributed by atoms with van der Waals surface area (Å²) in [5.41, 5.74) is 0.314. The molecule has 0 aliphatic carbocycles. The molecule has 7 heteroatoms. The fraction of sp³-hybridized carbons (Fsp3) is 0.526. The van der Waals surface area contributed by atoms with Gasteiger partial charge in [0, 0.05) is 19.6 Å². The summed E-state index contributed by atoms with van der Waals surface area (Å²) in [5, 5.41) is 0. The number of carbonyl (C=O) groups is 3. The van der Waals surface area contributed by atoms with Gasteiger partial charge in [-0.15, -0.1) is 0 Å². The van der Waals surface area contributed by atoms with Crippen LogP contribution in [0.1, 0.15) is 26.3 Å². The summed E-state index contributed by atoms with van der Waals surface area (Å²) in [6.07, 6.45) is 0.303. The first kappa shape index (κ1) is 19.9. The summed E-state index contributed by atoms with van der Waals surface area (Å²) < 4.78 is 10.6. The molecule has 1 fully saturated rings.